The third-order valence-corrected chi connectivity index (χ3v) is 6.32. The van der Waals surface area contributed by atoms with Gasteiger partial charge in [-0.2, -0.15) is 0 Å². The lowest BCUT2D eigenvalue weighted by Crippen LogP contribution is -2.30. The van der Waals surface area contributed by atoms with E-state index in [4.69, 9.17) is 4.74 Å². The molecule has 0 bridgehead atoms. The second-order valence-corrected chi connectivity index (χ2v) is 7.86. The fourth-order valence-electron chi connectivity index (χ4n) is 5.03. The maximum Gasteiger partial charge on any atom is 0.270 e. The van der Waals surface area contributed by atoms with Crippen LogP contribution in [0.15, 0.2) is 60.7 Å². The molecule has 5 nitrogen and oxygen atoms in total. The van der Waals surface area contributed by atoms with Crippen LogP contribution in [0.1, 0.15) is 35.1 Å². The largest absolute Gasteiger partial charge is 0.496 e. The number of anilines is 1. The number of hydrogen-bond acceptors (Lipinski definition) is 4. The molecule has 0 aromatic heterocycles. The van der Waals surface area contributed by atoms with Crippen LogP contribution < -0.4 is 10.1 Å². The van der Waals surface area contributed by atoms with Crippen molar-refractivity contribution in [3.63, 3.8) is 0 Å². The van der Waals surface area contributed by atoms with E-state index in [0.717, 1.165) is 34.5 Å². The van der Waals surface area contributed by atoms with Crippen LogP contribution in [0, 0.1) is 23.0 Å². The van der Waals surface area contributed by atoms with Crippen LogP contribution in [0.25, 0.3) is 10.8 Å². The normalized spacial score (nSPS) is 22.1. The van der Waals surface area contributed by atoms with Crippen molar-refractivity contribution in [2.75, 3.05) is 12.4 Å². The van der Waals surface area contributed by atoms with Crippen LogP contribution in [-0.2, 0) is 0 Å². The van der Waals surface area contributed by atoms with Gasteiger partial charge >= 0.3 is 0 Å². The molecule has 1 aliphatic carbocycles. The van der Waals surface area contributed by atoms with Gasteiger partial charge in [-0.15, -0.1) is 0 Å². The molecule has 1 heterocycles. The molecule has 3 unspecified atom stereocenters. The predicted octanol–water partition coefficient (Wildman–Crippen LogP) is 5.89. The molecular formula is C24H22N2O3. The van der Waals surface area contributed by atoms with Crippen LogP contribution in [-0.4, -0.2) is 12.0 Å². The molecule has 1 N–H and O–H groups in total. The quantitative estimate of drug-likeness (QED) is 0.346. The summed E-state index contributed by atoms with van der Waals surface area (Å²) in [6.07, 6.45) is 5.33. The monoisotopic (exact) mass is 386 g/mol. The van der Waals surface area contributed by atoms with Gasteiger partial charge in [0.25, 0.3) is 5.69 Å². The van der Waals surface area contributed by atoms with E-state index in [0.29, 0.717) is 0 Å². The number of allylic oxidation sites excluding steroid dienone is 2. The average molecular weight is 386 g/mol. The Kier molecular flexibility index (Phi) is 4.05. The summed E-state index contributed by atoms with van der Waals surface area (Å²) in [5.74, 6) is 1.30. The third-order valence-electron chi connectivity index (χ3n) is 6.32. The number of methoxy groups -OCH3 is 1. The Morgan fingerprint density at radius 2 is 2.00 bits per heavy atom. The molecule has 1 aliphatic heterocycles. The minimum atomic E-state index is -0.305. The van der Waals surface area contributed by atoms with E-state index in [1.165, 1.54) is 10.8 Å². The van der Waals surface area contributed by atoms with Gasteiger partial charge in [-0.25, -0.2) is 0 Å². The first kappa shape index (κ1) is 17.7. The molecule has 3 atom stereocenters. The van der Waals surface area contributed by atoms with Crippen LogP contribution >= 0.6 is 0 Å². The fourth-order valence-corrected chi connectivity index (χ4v) is 5.03. The molecule has 3 aromatic carbocycles. The summed E-state index contributed by atoms with van der Waals surface area (Å²) in [5, 5.41) is 17.5. The van der Waals surface area contributed by atoms with Crippen molar-refractivity contribution in [3.05, 3.63) is 87.5 Å². The van der Waals surface area contributed by atoms with Gasteiger partial charge < -0.3 is 10.1 Å². The summed E-state index contributed by atoms with van der Waals surface area (Å²) in [6, 6.07) is 15.9. The number of rotatable bonds is 3. The fraction of sp³-hybridized carbons (Fsp3) is 0.250. The minimum absolute atomic E-state index is 0.0590. The van der Waals surface area contributed by atoms with E-state index in [9.17, 15) is 10.1 Å². The van der Waals surface area contributed by atoms with Gasteiger partial charge in [-0.3, -0.25) is 10.1 Å². The summed E-state index contributed by atoms with van der Waals surface area (Å²) in [5.41, 5.74) is 4.24. The number of nitrogens with zero attached hydrogens (tertiary/aromatic N) is 1. The number of hydrogen-bond donors (Lipinski definition) is 1. The van der Waals surface area contributed by atoms with Gasteiger partial charge in [-0.05, 0) is 47.2 Å². The molecule has 146 valence electrons. The third kappa shape index (κ3) is 2.69. The average Bonchev–Trinajstić information content (AvgIpc) is 3.23. The Morgan fingerprint density at radius 1 is 1.17 bits per heavy atom. The van der Waals surface area contributed by atoms with Crippen molar-refractivity contribution in [1.29, 1.82) is 0 Å². The van der Waals surface area contributed by atoms with Gasteiger partial charge in [0.15, 0.2) is 0 Å². The van der Waals surface area contributed by atoms with Crippen molar-refractivity contribution >= 4 is 22.1 Å². The number of non-ortho nitro benzene ring substituents is 1. The van der Waals surface area contributed by atoms with Crippen molar-refractivity contribution in [1.82, 2.24) is 0 Å². The predicted molar refractivity (Wildman–Crippen MR) is 115 cm³/mol. The minimum Gasteiger partial charge on any atom is -0.496 e. The first-order chi connectivity index (χ1) is 14.1. The first-order valence-electron chi connectivity index (χ1n) is 9.86. The van der Waals surface area contributed by atoms with Crippen molar-refractivity contribution in [2.24, 2.45) is 5.92 Å². The molecule has 0 saturated carbocycles. The van der Waals surface area contributed by atoms with E-state index in [-0.39, 0.29) is 28.5 Å². The topological polar surface area (TPSA) is 64.4 Å². The summed E-state index contributed by atoms with van der Waals surface area (Å²) in [7, 11) is 1.71. The molecule has 0 fully saturated rings. The Balaban J connectivity index is 1.72. The van der Waals surface area contributed by atoms with Gasteiger partial charge in [0, 0.05) is 29.3 Å². The zero-order chi connectivity index (χ0) is 20.1. The van der Waals surface area contributed by atoms with Gasteiger partial charge in [0.05, 0.1) is 18.1 Å². The molecule has 0 amide bonds. The van der Waals surface area contributed by atoms with E-state index in [1.54, 1.807) is 19.2 Å². The summed E-state index contributed by atoms with van der Waals surface area (Å²) in [4.78, 5) is 11.1. The smallest absolute Gasteiger partial charge is 0.270 e. The summed E-state index contributed by atoms with van der Waals surface area (Å²) >= 11 is 0. The van der Waals surface area contributed by atoms with E-state index in [2.05, 4.69) is 41.7 Å². The van der Waals surface area contributed by atoms with E-state index >= 15 is 0 Å². The van der Waals surface area contributed by atoms with E-state index in [1.807, 2.05) is 19.1 Å². The summed E-state index contributed by atoms with van der Waals surface area (Å²) in [6.45, 7) is 1.94. The molecule has 3 aromatic rings. The maximum absolute atomic E-state index is 11.4. The zero-order valence-electron chi connectivity index (χ0n) is 16.4. The number of ether oxygens (including phenoxy) is 1. The SMILES string of the molecule is COc1ccc2ccccc2c1C1Nc2c(C)cc([N+](=O)[O-])cc2C2C=CCC21. The molecule has 5 rings (SSSR count). The second kappa shape index (κ2) is 6.62. The molecule has 0 radical (unpaired) electrons. The first-order valence-corrected chi connectivity index (χ1v) is 9.86. The molecule has 0 spiro atoms. The van der Waals surface area contributed by atoms with Crippen LogP contribution in [0.5, 0.6) is 5.75 Å². The number of nitrogens with one attached hydrogen (secondary N) is 1. The molecule has 29 heavy (non-hydrogen) atoms. The Morgan fingerprint density at radius 3 is 2.79 bits per heavy atom. The van der Waals surface area contributed by atoms with E-state index < -0.39 is 0 Å². The highest BCUT2D eigenvalue weighted by Gasteiger charge is 2.41. The van der Waals surface area contributed by atoms with Crippen molar-refractivity contribution in [3.8, 4) is 5.75 Å². The second-order valence-electron chi connectivity index (χ2n) is 7.86. The highest BCUT2D eigenvalue weighted by atomic mass is 16.6. The zero-order valence-corrected chi connectivity index (χ0v) is 16.4. The lowest BCUT2D eigenvalue weighted by molar-refractivity contribution is -0.385. The summed E-state index contributed by atoms with van der Waals surface area (Å²) < 4.78 is 5.77. The Hall–Kier alpha value is -3.34. The standard InChI is InChI=1S/C24H22N2O3/c1-14-12-16(26(27)28)13-20-18-8-5-9-19(18)24(25-23(14)20)22-17-7-4-3-6-15(17)10-11-21(22)29-2/h3-8,10-13,18-19,24-25H,9H2,1-2H3. The maximum atomic E-state index is 11.4. The molecular weight excluding hydrogens is 364 g/mol. The van der Waals surface area contributed by atoms with Crippen molar-refractivity contribution < 1.29 is 9.66 Å². The Bertz CT molecular complexity index is 1170. The highest BCUT2D eigenvalue weighted by molar-refractivity contribution is 5.89. The van der Waals surface area contributed by atoms with Crippen LogP contribution in [0.2, 0.25) is 0 Å². The lowest BCUT2D eigenvalue weighted by Gasteiger charge is -2.39. The Labute approximate surface area is 169 Å². The lowest BCUT2D eigenvalue weighted by atomic mass is 9.75. The number of nitro groups is 1. The number of benzene rings is 3. The molecule has 2 aliphatic rings. The number of aryl methyl sites for hydroxylation is 1. The molecule has 0 saturated heterocycles. The van der Waals surface area contributed by atoms with Gasteiger partial charge in [0.1, 0.15) is 5.75 Å². The number of nitro benzene ring substituents is 1. The van der Waals surface area contributed by atoms with Gasteiger partial charge in [-0.1, -0.05) is 42.5 Å². The van der Waals surface area contributed by atoms with Crippen LogP contribution in [0.3, 0.4) is 0 Å². The molecule has 5 heteroatoms. The van der Waals surface area contributed by atoms with Gasteiger partial charge in [0.2, 0.25) is 0 Å². The van der Waals surface area contributed by atoms with Crippen molar-refractivity contribution in [2.45, 2.75) is 25.3 Å². The highest BCUT2D eigenvalue weighted by Crippen LogP contribution is 2.53. The number of fused-ring (bicyclic) bond motifs is 4. The van der Waals surface area contributed by atoms with Crippen LogP contribution in [0.4, 0.5) is 11.4 Å².